The number of aromatic nitrogens is 1. The highest BCUT2D eigenvalue weighted by Crippen LogP contribution is 2.21. The minimum Gasteiger partial charge on any atom is -0.326 e. The number of aryl methyl sites for hydroxylation is 2. The first-order chi connectivity index (χ1) is 7.33. The molecule has 2 N–H and O–H groups in total. The van der Waals surface area contributed by atoms with Crippen LogP contribution in [0.3, 0.4) is 0 Å². The lowest BCUT2D eigenvalue weighted by molar-refractivity contribution is 0.681. The molecular weight excluding hydrogens is 188 g/mol. The van der Waals surface area contributed by atoms with Crippen molar-refractivity contribution in [3.05, 3.63) is 33.2 Å². The summed E-state index contributed by atoms with van der Waals surface area (Å²) < 4.78 is 0. The van der Waals surface area contributed by atoms with E-state index in [4.69, 9.17) is 0 Å². The van der Waals surface area contributed by atoms with Crippen molar-refractivity contribution in [2.45, 2.75) is 44.7 Å². The van der Waals surface area contributed by atoms with Gasteiger partial charge in [0.25, 0.3) is 5.56 Å². The van der Waals surface area contributed by atoms with Gasteiger partial charge in [-0.25, -0.2) is 0 Å². The van der Waals surface area contributed by atoms with E-state index in [1.54, 1.807) is 0 Å². The summed E-state index contributed by atoms with van der Waals surface area (Å²) in [6.07, 6.45) is 5.89. The van der Waals surface area contributed by atoms with Gasteiger partial charge in [-0.3, -0.25) is 4.79 Å². The molecule has 1 heterocycles. The Labute approximate surface area is 88.9 Å². The zero-order valence-electron chi connectivity index (χ0n) is 8.81. The maximum atomic E-state index is 11.7. The van der Waals surface area contributed by atoms with Crippen LogP contribution in [0.2, 0.25) is 0 Å². The van der Waals surface area contributed by atoms with Crippen molar-refractivity contribution in [2.24, 2.45) is 0 Å². The van der Waals surface area contributed by atoms with Crippen molar-refractivity contribution in [1.82, 2.24) is 10.3 Å². The van der Waals surface area contributed by atoms with Gasteiger partial charge in [0.05, 0.1) is 0 Å². The van der Waals surface area contributed by atoms with Crippen molar-refractivity contribution in [3.63, 3.8) is 0 Å². The van der Waals surface area contributed by atoms with Gasteiger partial charge in [0, 0.05) is 23.8 Å². The molecular formula is C12H16N2O. The average Bonchev–Trinajstić information content (AvgIpc) is 2.94. The Morgan fingerprint density at radius 1 is 1.40 bits per heavy atom. The van der Waals surface area contributed by atoms with E-state index >= 15 is 0 Å². The predicted octanol–water partition coefficient (Wildman–Crippen LogP) is 1.12. The Balaban J connectivity index is 1.83. The fourth-order valence-electron chi connectivity index (χ4n) is 2.24. The Morgan fingerprint density at radius 3 is 3.07 bits per heavy atom. The second kappa shape index (κ2) is 3.49. The van der Waals surface area contributed by atoms with Gasteiger partial charge in [0.15, 0.2) is 0 Å². The first kappa shape index (κ1) is 9.16. The molecule has 1 aromatic rings. The Morgan fingerprint density at radius 2 is 2.27 bits per heavy atom. The van der Waals surface area contributed by atoms with E-state index in [-0.39, 0.29) is 5.56 Å². The molecule has 0 bridgehead atoms. The zero-order valence-corrected chi connectivity index (χ0v) is 8.81. The third kappa shape index (κ3) is 1.84. The van der Waals surface area contributed by atoms with Crippen LogP contribution >= 0.6 is 0 Å². The van der Waals surface area contributed by atoms with Crippen molar-refractivity contribution in [2.75, 3.05) is 0 Å². The van der Waals surface area contributed by atoms with E-state index < -0.39 is 0 Å². The molecule has 0 amide bonds. The second-order valence-corrected chi connectivity index (χ2v) is 4.64. The molecule has 2 aliphatic rings. The molecule has 0 atom stereocenters. The number of H-pyrrole nitrogens is 1. The van der Waals surface area contributed by atoms with Gasteiger partial charge in [-0.15, -0.1) is 0 Å². The number of pyridine rings is 1. The van der Waals surface area contributed by atoms with Crippen LogP contribution < -0.4 is 10.9 Å². The molecule has 3 nitrogen and oxygen atoms in total. The van der Waals surface area contributed by atoms with Crippen LogP contribution in [0.15, 0.2) is 10.9 Å². The number of hydrogen-bond donors (Lipinski definition) is 2. The van der Waals surface area contributed by atoms with Crippen LogP contribution in [0.25, 0.3) is 0 Å². The molecule has 0 aliphatic heterocycles. The van der Waals surface area contributed by atoms with Crippen LogP contribution in [-0.2, 0) is 19.4 Å². The molecule has 2 aliphatic carbocycles. The van der Waals surface area contributed by atoms with Crippen LogP contribution in [0.5, 0.6) is 0 Å². The number of fused-ring (bicyclic) bond motifs is 1. The number of aromatic amines is 1. The van der Waals surface area contributed by atoms with Crippen LogP contribution in [0.1, 0.15) is 36.1 Å². The highest BCUT2D eigenvalue weighted by atomic mass is 16.1. The monoisotopic (exact) mass is 204 g/mol. The number of nitrogens with one attached hydrogen (secondary N) is 2. The smallest absolute Gasteiger partial charge is 0.252 e. The molecule has 1 saturated carbocycles. The quantitative estimate of drug-likeness (QED) is 0.775. The standard InChI is InChI=1S/C12H16N2O/c15-12-9(7-13-10-4-5-10)6-8-2-1-3-11(8)14-12/h6,10,13H,1-5,7H2,(H,14,15). The predicted molar refractivity (Wildman–Crippen MR) is 58.9 cm³/mol. The van der Waals surface area contributed by atoms with E-state index in [0.29, 0.717) is 6.04 Å². The minimum atomic E-state index is 0.101. The van der Waals surface area contributed by atoms with E-state index in [2.05, 4.69) is 16.4 Å². The molecule has 1 fully saturated rings. The lowest BCUT2D eigenvalue weighted by atomic mass is 10.1. The summed E-state index contributed by atoms with van der Waals surface area (Å²) in [6, 6.07) is 2.76. The highest BCUT2D eigenvalue weighted by molar-refractivity contribution is 5.29. The molecule has 0 unspecified atom stereocenters. The van der Waals surface area contributed by atoms with E-state index in [1.807, 2.05) is 0 Å². The average molecular weight is 204 g/mol. The minimum absolute atomic E-state index is 0.101. The van der Waals surface area contributed by atoms with E-state index in [1.165, 1.54) is 24.8 Å². The highest BCUT2D eigenvalue weighted by Gasteiger charge is 2.21. The summed E-state index contributed by atoms with van der Waals surface area (Å²) in [5, 5.41) is 3.38. The number of hydrogen-bond acceptors (Lipinski definition) is 2. The summed E-state index contributed by atoms with van der Waals surface area (Å²) in [5.74, 6) is 0. The molecule has 0 spiro atoms. The van der Waals surface area contributed by atoms with Crippen molar-refractivity contribution in [3.8, 4) is 0 Å². The Hall–Kier alpha value is -1.09. The summed E-state index contributed by atoms with van der Waals surface area (Å²) in [7, 11) is 0. The van der Waals surface area contributed by atoms with Crippen LogP contribution in [0, 0.1) is 0 Å². The normalized spacial score (nSPS) is 19.2. The van der Waals surface area contributed by atoms with Gasteiger partial charge in [-0.2, -0.15) is 0 Å². The van der Waals surface area contributed by atoms with Gasteiger partial charge in [-0.1, -0.05) is 0 Å². The SMILES string of the molecule is O=c1[nH]c2c(cc1CNC1CC1)CCC2. The first-order valence-electron chi connectivity index (χ1n) is 5.80. The number of rotatable bonds is 3. The summed E-state index contributed by atoms with van der Waals surface area (Å²) in [4.78, 5) is 14.7. The summed E-state index contributed by atoms with van der Waals surface area (Å²) >= 11 is 0. The molecule has 0 aromatic carbocycles. The second-order valence-electron chi connectivity index (χ2n) is 4.64. The molecule has 1 aromatic heterocycles. The maximum Gasteiger partial charge on any atom is 0.252 e. The van der Waals surface area contributed by atoms with Gasteiger partial charge in [0.1, 0.15) is 0 Å². The Kier molecular flexibility index (Phi) is 2.13. The molecule has 0 saturated heterocycles. The fourth-order valence-corrected chi connectivity index (χ4v) is 2.24. The lowest BCUT2D eigenvalue weighted by Crippen LogP contribution is -2.23. The third-order valence-corrected chi connectivity index (χ3v) is 3.32. The van der Waals surface area contributed by atoms with Gasteiger partial charge in [0.2, 0.25) is 0 Å². The van der Waals surface area contributed by atoms with Gasteiger partial charge in [-0.05, 0) is 43.7 Å². The van der Waals surface area contributed by atoms with Crippen molar-refractivity contribution in [1.29, 1.82) is 0 Å². The molecule has 15 heavy (non-hydrogen) atoms. The maximum absolute atomic E-state index is 11.7. The lowest BCUT2D eigenvalue weighted by Gasteiger charge is -2.05. The van der Waals surface area contributed by atoms with Gasteiger partial charge < -0.3 is 10.3 Å². The van der Waals surface area contributed by atoms with Crippen molar-refractivity contribution < 1.29 is 0 Å². The Bertz CT molecular complexity index is 432. The van der Waals surface area contributed by atoms with Crippen LogP contribution in [0.4, 0.5) is 0 Å². The largest absolute Gasteiger partial charge is 0.326 e. The molecule has 80 valence electrons. The zero-order chi connectivity index (χ0) is 10.3. The summed E-state index contributed by atoms with van der Waals surface area (Å²) in [6.45, 7) is 0.729. The molecule has 0 radical (unpaired) electrons. The van der Waals surface area contributed by atoms with E-state index in [0.717, 1.165) is 30.6 Å². The first-order valence-corrected chi connectivity index (χ1v) is 5.80. The third-order valence-electron chi connectivity index (χ3n) is 3.32. The topological polar surface area (TPSA) is 44.9 Å². The van der Waals surface area contributed by atoms with Crippen LogP contribution in [-0.4, -0.2) is 11.0 Å². The molecule has 3 heteroatoms. The van der Waals surface area contributed by atoms with Gasteiger partial charge >= 0.3 is 0 Å². The van der Waals surface area contributed by atoms with Crippen molar-refractivity contribution >= 4 is 0 Å². The summed E-state index contributed by atoms with van der Waals surface area (Å²) in [5.41, 5.74) is 3.52. The van der Waals surface area contributed by atoms with E-state index in [9.17, 15) is 4.79 Å². The molecule has 3 rings (SSSR count). The fraction of sp³-hybridized carbons (Fsp3) is 0.583.